The molecule has 0 aliphatic rings. The van der Waals surface area contributed by atoms with E-state index in [-0.39, 0.29) is 33.4 Å². The van der Waals surface area contributed by atoms with Gasteiger partial charge in [-0.2, -0.15) is 0 Å². The Morgan fingerprint density at radius 1 is 0.613 bits per heavy atom. The third-order valence-corrected chi connectivity index (χ3v) is 11.7. The van der Waals surface area contributed by atoms with Gasteiger partial charge in [-0.1, -0.05) is 46.4 Å². The summed E-state index contributed by atoms with van der Waals surface area (Å²) in [5.74, 6) is -5.77. The van der Waals surface area contributed by atoms with Crippen LogP contribution < -0.4 is 10.6 Å². The molecule has 6 rings (SSSR count). The number of amides is 2. The number of hydrogen-bond acceptors (Lipinski definition) is 8. The molecule has 2 unspecified atom stereocenters. The summed E-state index contributed by atoms with van der Waals surface area (Å²) in [4.78, 5) is 74.3. The van der Waals surface area contributed by atoms with Crippen LogP contribution in [0.1, 0.15) is 82.8 Å². The van der Waals surface area contributed by atoms with Crippen LogP contribution >= 0.6 is 46.4 Å². The first-order valence-corrected chi connectivity index (χ1v) is 20.2. The molecular weight excluding hydrogens is 886 g/mol. The van der Waals surface area contributed by atoms with E-state index in [1.165, 1.54) is 71.5 Å². The second kappa shape index (κ2) is 18.5. The molecule has 0 radical (unpaired) electrons. The van der Waals surface area contributed by atoms with Crippen molar-refractivity contribution >= 4 is 104 Å². The summed E-state index contributed by atoms with van der Waals surface area (Å²) in [5.41, 5.74) is 2.09. The summed E-state index contributed by atoms with van der Waals surface area (Å²) >= 11 is 24.0. The maximum absolute atomic E-state index is 13.4. The monoisotopic (exact) mass is 924 g/mol. The lowest BCUT2D eigenvalue weighted by Crippen LogP contribution is -2.50. The summed E-state index contributed by atoms with van der Waals surface area (Å²) in [6.45, 7) is 8.85. The molecule has 2 amide bonds. The molecule has 4 aromatic carbocycles. The van der Waals surface area contributed by atoms with Crippen LogP contribution in [0, 0.1) is 13.8 Å². The van der Waals surface area contributed by atoms with E-state index in [2.05, 4.69) is 10.6 Å². The molecule has 62 heavy (non-hydrogen) atoms. The van der Waals surface area contributed by atoms with Crippen molar-refractivity contribution in [1.29, 1.82) is 0 Å². The fourth-order valence-electron chi connectivity index (χ4n) is 7.04. The number of carbonyl (C=O) groups excluding carboxylic acids is 4. The number of nitrogens with one attached hydrogen (secondary N) is 2. The molecule has 2 atom stereocenters. The quantitative estimate of drug-likeness (QED) is 0.0768. The predicted octanol–water partition coefficient (Wildman–Crippen LogP) is 8.69. The minimum Gasteiger partial charge on any atom is -0.508 e. The number of phenols is 2. The van der Waals surface area contributed by atoms with E-state index in [1.807, 2.05) is 0 Å². The van der Waals surface area contributed by atoms with Gasteiger partial charge in [0.25, 0.3) is 11.8 Å². The summed E-state index contributed by atoms with van der Waals surface area (Å²) in [6.07, 6.45) is 0. The molecule has 0 fully saturated rings. The zero-order valence-corrected chi connectivity index (χ0v) is 37.0. The Labute approximate surface area is 374 Å². The number of phenolic OH excluding ortho intramolecular Hbond substituents is 2. The fourth-order valence-corrected chi connectivity index (χ4v) is 7.64. The molecule has 0 saturated heterocycles. The van der Waals surface area contributed by atoms with E-state index in [1.54, 1.807) is 52.0 Å². The molecule has 0 bridgehead atoms. The van der Waals surface area contributed by atoms with E-state index >= 15 is 0 Å². The smallest absolute Gasteiger partial charge is 0.328 e. The van der Waals surface area contributed by atoms with Crippen molar-refractivity contribution in [3.05, 3.63) is 127 Å². The standard InChI is InChI=1S/C23H22Cl2N2O5.C21H18Cl2N2O5/c1-11(20(29)26-23(3,4)22(31)32)19-12(2)27(18-8-6-14(28)10-15(18)19)21(30)13-5-7-16(24)17(25)9-13;1-10(20(29)24-9-18(27)28)19-11(2)25(17-6-4-13(26)8-14(17)19)21(30)12-3-5-15(22)16(23)7-12/h5-11,28H,1-4H3,(H,26,29)(H,31,32);3-8,10,26H,9H2,1-2H3,(H,24,29)(H,27,28). The van der Waals surface area contributed by atoms with Crippen molar-refractivity contribution in [3.63, 3.8) is 0 Å². The topological polar surface area (TPSA) is 217 Å². The first-order chi connectivity index (χ1) is 29.0. The third-order valence-electron chi connectivity index (χ3n) is 10.2. The zero-order chi connectivity index (χ0) is 46.1. The number of carboxylic acids is 2. The molecular formula is C44H40Cl4N4O10. The summed E-state index contributed by atoms with van der Waals surface area (Å²) in [6, 6.07) is 18.1. The zero-order valence-electron chi connectivity index (χ0n) is 33.9. The Morgan fingerprint density at radius 3 is 1.39 bits per heavy atom. The van der Waals surface area contributed by atoms with Gasteiger partial charge in [-0.25, -0.2) is 4.79 Å². The van der Waals surface area contributed by atoms with Crippen LogP contribution in [0.25, 0.3) is 21.8 Å². The molecule has 2 heterocycles. The molecule has 0 aliphatic carbocycles. The van der Waals surface area contributed by atoms with Gasteiger partial charge in [0.05, 0.1) is 43.0 Å². The number of halogens is 4. The van der Waals surface area contributed by atoms with E-state index in [0.29, 0.717) is 65.5 Å². The Balaban J connectivity index is 0.000000235. The number of benzene rings is 4. The molecule has 0 spiro atoms. The average molecular weight is 927 g/mol. The van der Waals surface area contributed by atoms with Gasteiger partial charge in [-0.3, -0.25) is 33.1 Å². The van der Waals surface area contributed by atoms with Crippen molar-refractivity contribution < 1.29 is 49.2 Å². The first-order valence-electron chi connectivity index (χ1n) is 18.7. The van der Waals surface area contributed by atoms with Crippen molar-refractivity contribution in [3.8, 4) is 11.5 Å². The minimum absolute atomic E-state index is 0.0268. The van der Waals surface area contributed by atoms with Gasteiger partial charge in [0.1, 0.15) is 23.6 Å². The lowest BCUT2D eigenvalue weighted by molar-refractivity contribution is -0.146. The van der Waals surface area contributed by atoms with Gasteiger partial charge in [-0.15, -0.1) is 0 Å². The molecule has 6 aromatic rings. The van der Waals surface area contributed by atoms with E-state index in [0.717, 1.165) is 0 Å². The van der Waals surface area contributed by atoms with E-state index < -0.39 is 47.7 Å². The number of hydrogen-bond donors (Lipinski definition) is 6. The second-order valence-electron chi connectivity index (χ2n) is 14.9. The van der Waals surface area contributed by atoms with Crippen molar-refractivity contribution in [2.45, 2.75) is 58.9 Å². The molecule has 18 heteroatoms. The fraction of sp³-hybridized carbons (Fsp3) is 0.227. The number of fused-ring (bicyclic) bond motifs is 2. The van der Waals surface area contributed by atoms with Crippen molar-refractivity contribution in [2.24, 2.45) is 0 Å². The summed E-state index contributed by atoms with van der Waals surface area (Å²) < 4.78 is 2.88. The number of aromatic nitrogens is 2. The highest BCUT2D eigenvalue weighted by Crippen LogP contribution is 2.37. The molecule has 2 aromatic heterocycles. The predicted molar refractivity (Wildman–Crippen MR) is 236 cm³/mol. The van der Waals surface area contributed by atoms with Crippen LogP contribution in [0.4, 0.5) is 0 Å². The highest BCUT2D eigenvalue weighted by atomic mass is 35.5. The number of nitrogens with zero attached hydrogens (tertiary/aromatic N) is 2. The van der Waals surface area contributed by atoms with E-state index in [4.69, 9.17) is 51.5 Å². The van der Waals surface area contributed by atoms with Gasteiger partial charge in [0, 0.05) is 33.3 Å². The summed E-state index contributed by atoms with van der Waals surface area (Å²) in [5, 5.41) is 45.1. The van der Waals surface area contributed by atoms with Crippen LogP contribution in [0.15, 0.2) is 72.8 Å². The van der Waals surface area contributed by atoms with Gasteiger partial charge in [-0.05, 0) is 125 Å². The van der Waals surface area contributed by atoms with Gasteiger partial charge in [0.15, 0.2) is 0 Å². The Hall–Kier alpha value is -6.06. The Kier molecular flexibility index (Phi) is 14.0. The van der Waals surface area contributed by atoms with E-state index in [9.17, 15) is 44.1 Å². The highest BCUT2D eigenvalue weighted by molar-refractivity contribution is 6.42. The lowest BCUT2D eigenvalue weighted by Gasteiger charge is -2.23. The minimum atomic E-state index is -1.48. The molecule has 14 nitrogen and oxygen atoms in total. The van der Waals surface area contributed by atoms with Gasteiger partial charge >= 0.3 is 11.9 Å². The normalized spacial score (nSPS) is 12.3. The number of aliphatic carboxylic acids is 2. The van der Waals surface area contributed by atoms with Gasteiger partial charge in [0.2, 0.25) is 11.8 Å². The van der Waals surface area contributed by atoms with Crippen LogP contribution in [0.2, 0.25) is 20.1 Å². The highest BCUT2D eigenvalue weighted by Gasteiger charge is 2.34. The number of carboxylic acid groups (broad SMARTS) is 2. The number of aromatic hydroxyl groups is 2. The maximum Gasteiger partial charge on any atom is 0.328 e. The Bertz CT molecular complexity index is 2830. The molecule has 0 aliphatic heterocycles. The number of rotatable bonds is 10. The van der Waals surface area contributed by atoms with Crippen molar-refractivity contribution in [1.82, 2.24) is 19.8 Å². The second-order valence-corrected chi connectivity index (χ2v) is 16.5. The van der Waals surface area contributed by atoms with Crippen molar-refractivity contribution in [2.75, 3.05) is 6.54 Å². The van der Waals surface area contributed by atoms with Crippen LogP contribution in [-0.2, 0) is 19.2 Å². The molecule has 0 saturated carbocycles. The average Bonchev–Trinajstić information content (AvgIpc) is 3.65. The summed E-state index contributed by atoms with van der Waals surface area (Å²) in [7, 11) is 0. The first kappa shape index (κ1) is 47.0. The third kappa shape index (κ3) is 9.53. The van der Waals surface area contributed by atoms with Crippen LogP contribution in [0.3, 0.4) is 0 Å². The number of carbonyl (C=O) groups is 6. The maximum atomic E-state index is 13.4. The van der Waals surface area contributed by atoms with Crippen LogP contribution in [-0.4, -0.2) is 77.2 Å². The largest absolute Gasteiger partial charge is 0.508 e. The SMILES string of the molecule is Cc1c(C(C)C(=O)NC(C)(C)C(=O)O)c2cc(O)ccc2n1C(=O)c1ccc(Cl)c(Cl)c1.Cc1c(C(C)C(=O)NCC(=O)O)c2cc(O)ccc2n1C(=O)c1ccc(Cl)c(Cl)c1. The van der Waals surface area contributed by atoms with Crippen LogP contribution in [0.5, 0.6) is 11.5 Å². The van der Waals surface area contributed by atoms with Gasteiger partial charge < -0.3 is 31.1 Å². The molecule has 6 N–H and O–H groups in total. The lowest BCUT2D eigenvalue weighted by atomic mass is 9.95. The molecule has 324 valence electrons. The Morgan fingerprint density at radius 2 is 1.02 bits per heavy atom.